The first-order valence-corrected chi connectivity index (χ1v) is 12.1. The van der Waals surface area contributed by atoms with E-state index in [9.17, 15) is 4.79 Å². The fraction of sp³-hybridized carbons (Fsp3) is 0.259. The molecule has 2 aromatic heterocycles. The van der Waals surface area contributed by atoms with Crippen LogP contribution in [0.5, 0.6) is 5.75 Å². The van der Waals surface area contributed by atoms with Gasteiger partial charge >= 0.3 is 0 Å². The van der Waals surface area contributed by atoms with Crippen molar-refractivity contribution in [2.75, 3.05) is 6.61 Å². The molecule has 174 valence electrons. The molecule has 0 saturated heterocycles. The van der Waals surface area contributed by atoms with Crippen molar-refractivity contribution in [1.82, 2.24) is 14.9 Å². The number of benzene rings is 2. The number of hydrogen-bond acceptors (Lipinski definition) is 3. The van der Waals surface area contributed by atoms with Crippen molar-refractivity contribution in [2.45, 2.75) is 39.2 Å². The highest BCUT2D eigenvalue weighted by Gasteiger charge is 2.26. The number of ether oxygens (including phenoxy) is 1. The fourth-order valence-corrected chi connectivity index (χ4v) is 5.30. The van der Waals surface area contributed by atoms with E-state index in [0.29, 0.717) is 22.2 Å². The van der Waals surface area contributed by atoms with Gasteiger partial charge < -0.3 is 10.1 Å². The Morgan fingerprint density at radius 1 is 1.12 bits per heavy atom. The molecule has 7 heteroatoms. The number of pyridine rings is 1. The van der Waals surface area contributed by atoms with E-state index in [2.05, 4.69) is 19.2 Å². The average Bonchev–Trinajstić information content (AvgIpc) is 3.13. The van der Waals surface area contributed by atoms with E-state index in [1.807, 2.05) is 60.0 Å². The lowest BCUT2D eigenvalue weighted by Gasteiger charge is -2.27. The number of para-hydroxylation sites is 1. The molecule has 34 heavy (non-hydrogen) atoms. The number of aryl methyl sites for hydroxylation is 1. The third-order valence-electron chi connectivity index (χ3n) is 6.21. The Morgan fingerprint density at radius 2 is 1.85 bits per heavy atom. The second-order valence-electron chi connectivity index (χ2n) is 8.90. The smallest absolute Gasteiger partial charge is 0.253 e. The summed E-state index contributed by atoms with van der Waals surface area (Å²) in [7, 11) is 0. The molecule has 1 aliphatic heterocycles. The zero-order chi connectivity index (χ0) is 24.0. The summed E-state index contributed by atoms with van der Waals surface area (Å²) < 4.78 is 7.64. The normalized spacial score (nSPS) is 15.3. The van der Waals surface area contributed by atoms with Crippen molar-refractivity contribution in [1.29, 1.82) is 0 Å². The molecule has 2 aromatic carbocycles. The average molecular weight is 494 g/mol. The Balaban J connectivity index is 1.58. The molecule has 0 radical (unpaired) electrons. The first-order valence-electron chi connectivity index (χ1n) is 11.3. The van der Waals surface area contributed by atoms with Gasteiger partial charge in [-0.1, -0.05) is 55.2 Å². The second kappa shape index (κ2) is 8.97. The Hall–Kier alpha value is -3.02. The molecule has 0 bridgehead atoms. The zero-order valence-electron chi connectivity index (χ0n) is 19.2. The van der Waals surface area contributed by atoms with Crippen molar-refractivity contribution in [2.24, 2.45) is 0 Å². The van der Waals surface area contributed by atoms with Crippen molar-refractivity contribution in [3.63, 3.8) is 0 Å². The summed E-state index contributed by atoms with van der Waals surface area (Å²) in [5.74, 6) is 0.778. The van der Waals surface area contributed by atoms with E-state index in [-0.39, 0.29) is 17.9 Å². The molecule has 0 saturated carbocycles. The fourth-order valence-electron chi connectivity index (χ4n) is 4.77. The maximum absolute atomic E-state index is 13.5. The van der Waals surface area contributed by atoms with E-state index in [0.717, 1.165) is 45.8 Å². The van der Waals surface area contributed by atoms with Crippen LogP contribution in [0.25, 0.3) is 16.6 Å². The third-order valence-corrected chi connectivity index (χ3v) is 6.65. The molecule has 5 nitrogen and oxygen atoms in total. The molecule has 0 aliphatic carbocycles. The van der Waals surface area contributed by atoms with Crippen LogP contribution in [0.4, 0.5) is 0 Å². The lowest BCUT2D eigenvalue weighted by Crippen LogP contribution is -2.33. The zero-order valence-corrected chi connectivity index (χ0v) is 20.7. The maximum atomic E-state index is 13.5. The number of aromatic nitrogens is 2. The topological polar surface area (TPSA) is 55.6 Å². The van der Waals surface area contributed by atoms with Gasteiger partial charge in [0, 0.05) is 27.6 Å². The minimum absolute atomic E-state index is 0.0709. The highest BCUT2D eigenvalue weighted by molar-refractivity contribution is 6.35. The second-order valence-corrected chi connectivity index (χ2v) is 9.78. The number of amides is 1. The highest BCUT2D eigenvalue weighted by atomic mass is 35.5. The summed E-state index contributed by atoms with van der Waals surface area (Å²) in [6.45, 7) is 6.67. The van der Waals surface area contributed by atoms with Crippen molar-refractivity contribution in [3.05, 3.63) is 87.2 Å². The first-order chi connectivity index (χ1) is 16.3. The predicted molar refractivity (Wildman–Crippen MR) is 136 cm³/mol. The van der Waals surface area contributed by atoms with Gasteiger partial charge in [-0.05, 0) is 54.8 Å². The van der Waals surface area contributed by atoms with E-state index in [4.69, 9.17) is 33.0 Å². The van der Waals surface area contributed by atoms with Gasteiger partial charge in [0.1, 0.15) is 5.75 Å². The summed E-state index contributed by atoms with van der Waals surface area (Å²) in [6, 6.07) is 17.1. The highest BCUT2D eigenvalue weighted by Crippen LogP contribution is 2.36. The summed E-state index contributed by atoms with van der Waals surface area (Å²) >= 11 is 12.5. The van der Waals surface area contributed by atoms with Crippen LogP contribution in [0.15, 0.2) is 54.6 Å². The Bertz CT molecular complexity index is 1390. The molecule has 1 N–H and O–H groups in total. The molecule has 0 fully saturated rings. The van der Waals surface area contributed by atoms with E-state index in [1.54, 1.807) is 6.07 Å². The van der Waals surface area contributed by atoms with Gasteiger partial charge in [0.2, 0.25) is 0 Å². The molecule has 3 heterocycles. The van der Waals surface area contributed by atoms with Crippen LogP contribution in [-0.2, 0) is 0 Å². The van der Waals surface area contributed by atoms with E-state index >= 15 is 0 Å². The predicted octanol–water partition coefficient (Wildman–Crippen LogP) is 6.99. The van der Waals surface area contributed by atoms with Gasteiger partial charge in [-0.15, -0.1) is 0 Å². The van der Waals surface area contributed by atoms with Crippen molar-refractivity contribution in [3.8, 4) is 16.9 Å². The van der Waals surface area contributed by atoms with Crippen LogP contribution >= 0.6 is 23.2 Å². The van der Waals surface area contributed by atoms with E-state index < -0.39 is 0 Å². The lowest BCUT2D eigenvalue weighted by molar-refractivity contribution is 0.0922. The Labute approximate surface area is 208 Å². The molecule has 1 amide bonds. The summed E-state index contributed by atoms with van der Waals surface area (Å²) in [5.41, 5.74) is 6.09. The van der Waals surface area contributed by atoms with Gasteiger partial charge in [0.25, 0.3) is 5.91 Å². The van der Waals surface area contributed by atoms with Gasteiger partial charge in [-0.2, -0.15) is 5.10 Å². The lowest BCUT2D eigenvalue weighted by atomic mass is 9.98. The molecular formula is C27H25Cl2N3O2. The molecule has 4 aromatic rings. The van der Waals surface area contributed by atoms with Crippen LogP contribution in [0.3, 0.4) is 0 Å². The Kier molecular flexibility index (Phi) is 6.00. The minimum Gasteiger partial charge on any atom is -0.493 e. The van der Waals surface area contributed by atoms with Gasteiger partial charge in [0.05, 0.1) is 35.1 Å². The number of halogens is 2. The Morgan fingerprint density at radius 3 is 2.59 bits per heavy atom. The summed E-state index contributed by atoms with van der Waals surface area (Å²) in [5, 5.41) is 9.19. The third kappa shape index (κ3) is 4.04. The van der Waals surface area contributed by atoms with Crippen LogP contribution < -0.4 is 10.1 Å². The standard InChI is InChI=1S/C27H25Cl2N3O2/c1-15(2)26-21(27(33)30-22-10-11-34-24-7-5-4-6-20(22)24)8-9-23-25(16(3)31-32(23)26)17-12-18(28)14-19(29)13-17/h4-9,12-15,22H,10-11H2,1-3H3,(H,30,33)/t22-/m0/s1. The van der Waals surface area contributed by atoms with Crippen LogP contribution in [0.2, 0.25) is 10.0 Å². The SMILES string of the molecule is Cc1nn2c(C(C)C)c(C(=O)N[C@H]3CCOc4ccccc43)ccc2c1-c1cc(Cl)cc(Cl)c1. The number of fused-ring (bicyclic) bond motifs is 2. The quantitative estimate of drug-likeness (QED) is 0.333. The van der Waals surface area contributed by atoms with Gasteiger partial charge in [-0.3, -0.25) is 4.79 Å². The first kappa shape index (κ1) is 22.8. The molecule has 5 rings (SSSR count). The van der Waals surface area contributed by atoms with Crippen LogP contribution in [0, 0.1) is 6.92 Å². The van der Waals surface area contributed by atoms with Crippen molar-refractivity contribution < 1.29 is 9.53 Å². The van der Waals surface area contributed by atoms with Gasteiger partial charge in [0.15, 0.2) is 0 Å². The number of carbonyl (C=O) groups is 1. The molecule has 0 spiro atoms. The van der Waals surface area contributed by atoms with Gasteiger partial charge in [-0.25, -0.2) is 4.52 Å². The summed E-state index contributed by atoms with van der Waals surface area (Å²) in [4.78, 5) is 13.5. The number of nitrogens with zero attached hydrogens (tertiary/aromatic N) is 2. The molecule has 1 aliphatic rings. The number of carbonyl (C=O) groups excluding carboxylic acids is 1. The maximum Gasteiger partial charge on any atom is 0.253 e. The van der Waals surface area contributed by atoms with Crippen molar-refractivity contribution >= 4 is 34.6 Å². The number of hydrogen-bond donors (Lipinski definition) is 1. The summed E-state index contributed by atoms with van der Waals surface area (Å²) in [6.07, 6.45) is 0.725. The minimum atomic E-state index is -0.118. The molecular weight excluding hydrogens is 469 g/mol. The largest absolute Gasteiger partial charge is 0.493 e. The van der Waals surface area contributed by atoms with Crippen LogP contribution in [0.1, 0.15) is 59.5 Å². The number of nitrogens with one attached hydrogen (secondary N) is 1. The monoisotopic (exact) mass is 493 g/mol. The molecule has 1 atom stereocenters. The van der Waals surface area contributed by atoms with Crippen LogP contribution in [-0.4, -0.2) is 22.1 Å². The number of rotatable bonds is 4. The van der Waals surface area contributed by atoms with E-state index in [1.165, 1.54) is 0 Å². The molecule has 0 unspecified atom stereocenters.